The molecule has 0 radical (unpaired) electrons. The number of pyridine rings is 1. The fourth-order valence-corrected chi connectivity index (χ4v) is 4.89. The maximum Gasteiger partial charge on any atom is 0.416 e. The van der Waals surface area contributed by atoms with Gasteiger partial charge in [0.1, 0.15) is 5.82 Å². The van der Waals surface area contributed by atoms with E-state index < -0.39 is 42.8 Å². The van der Waals surface area contributed by atoms with Crippen LogP contribution in [0.1, 0.15) is 44.7 Å². The maximum atomic E-state index is 13.3. The first-order valence-corrected chi connectivity index (χ1v) is 11.9. The van der Waals surface area contributed by atoms with Crippen LogP contribution in [0.3, 0.4) is 0 Å². The van der Waals surface area contributed by atoms with E-state index in [2.05, 4.69) is 4.98 Å². The number of benzene rings is 1. The molecule has 1 aromatic carbocycles. The number of halogens is 5. The van der Waals surface area contributed by atoms with Gasteiger partial charge in [0.15, 0.2) is 9.84 Å². The van der Waals surface area contributed by atoms with Crippen molar-refractivity contribution in [2.75, 3.05) is 11.4 Å². The minimum atomic E-state index is -4.68. The van der Waals surface area contributed by atoms with Gasteiger partial charge in [-0.2, -0.15) is 22.0 Å². The minimum Gasteiger partial charge on any atom is -0.297 e. The quantitative estimate of drug-likeness (QED) is 0.352. The van der Waals surface area contributed by atoms with Crippen LogP contribution >= 0.6 is 9.24 Å². The largest absolute Gasteiger partial charge is 0.416 e. The summed E-state index contributed by atoms with van der Waals surface area (Å²) < 4.78 is 90.3. The third-order valence-electron chi connectivity index (χ3n) is 5.15. The number of rotatable bonds is 8. The predicted octanol–water partition coefficient (Wildman–Crippen LogP) is 5.41. The molecule has 0 spiro atoms. The van der Waals surface area contributed by atoms with Crippen molar-refractivity contribution in [2.24, 2.45) is 0 Å². The lowest BCUT2D eigenvalue weighted by atomic mass is 10.1. The number of amides is 1. The van der Waals surface area contributed by atoms with E-state index in [9.17, 15) is 35.2 Å². The molecule has 0 aliphatic rings. The van der Waals surface area contributed by atoms with E-state index in [4.69, 9.17) is 0 Å². The second-order valence-corrected chi connectivity index (χ2v) is 11.4. The average molecular weight is 510 g/mol. The van der Waals surface area contributed by atoms with Gasteiger partial charge in [0.2, 0.25) is 5.91 Å². The number of aromatic nitrogens is 1. The number of nitrogens with zero attached hydrogens (tertiary/aromatic N) is 2. The molecule has 1 amide bonds. The molecule has 0 N–H and O–H groups in total. The van der Waals surface area contributed by atoms with Gasteiger partial charge in [-0.1, -0.05) is 15.3 Å². The van der Waals surface area contributed by atoms with Crippen molar-refractivity contribution in [2.45, 2.75) is 55.1 Å². The molecule has 0 aliphatic heterocycles. The Morgan fingerprint density at radius 2 is 1.70 bits per heavy atom. The second kappa shape index (κ2) is 9.62. The van der Waals surface area contributed by atoms with Gasteiger partial charge in [-0.05, 0) is 57.0 Å². The van der Waals surface area contributed by atoms with Crippen molar-refractivity contribution in [3.05, 3.63) is 53.7 Å². The Morgan fingerprint density at radius 1 is 1.06 bits per heavy atom. The number of hydrogen-bond acceptors (Lipinski definition) is 4. The SMILES string of the molecule is CC(=O)N(CCCC(C)(C)S(=O)(=O)c1cccc(C(F)(F)F)c1)c1ccc(C(F)(F)P)cn1. The van der Waals surface area contributed by atoms with Crippen LogP contribution in [-0.2, 0) is 26.5 Å². The van der Waals surface area contributed by atoms with Crippen LogP contribution in [-0.4, -0.2) is 30.6 Å². The number of alkyl halides is 5. The maximum absolute atomic E-state index is 13.3. The Morgan fingerprint density at radius 3 is 2.18 bits per heavy atom. The third-order valence-corrected chi connectivity index (χ3v) is 8.02. The molecule has 2 rings (SSSR count). The van der Waals surface area contributed by atoms with Crippen molar-refractivity contribution in [3.8, 4) is 0 Å². The van der Waals surface area contributed by atoms with E-state index >= 15 is 0 Å². The van der Waals surface area contributed by atoms with Crippen molar-refractivity contribution in [1.82, 2.24) is 4.98 Å². The standard InChI is InChI=1S/C21H24F5N2O3PS/c1-14(29)28(18-9-8-16(13-27-18)21(25,26)32)11-5-10-19(2,3)33(30,31)17-7-4-6-15(12-17)20(22,23)24/h4,6-9,12-13H,5,10-11,32H2,1-3H3. The predicted molar refractivity (Wildman–Crippen MR) is 118 cm³/mol. The van der Waals surface area contributed by atoms with Crippen LogP contribution in [0, 0.1) is 0 Å². The van der Waals surface area contributed by atoms with Gasteiger partial charge in [-0.3, -0.25) is 9.69 Å². The van der Waals surface area contributed by atoms with E-state index in [1.165, 1.54) is 41.0 Å². The van der Waals surface area contributed by atoms with Gasteiger partial charge < -0.3 is 0 Å². The summed E-state index contributed by atoms with van der Waals surface area (Å²) in [5.74, 6) is -0.300. The van der Waals surface area contributed by atoms with Crippen molar-refractivity contribution in [3.63, 3.8) is 0 Å². The summed E-state index contributed by atoms with van der Waals surface area (Å²) in [6.07, 6.45) is -3.54. The zero-order chi connectivity index (χ0) is 25.2. The monoisotopic (exact) mass is 510 g/mol. The van der Waals surface area contributed by atoms with Crippen molar-refractivity contribution < 1.29 is 35.2 Å². The molecule has 0 saturated carbocycles. The molecule has 182 valence electrons. The highest BCUT2D eigenvalue weighted by atomic mass is 32.2. The molecule has 0 fully saturated rings. The van der Waals surface area contributed by atoms with Crippen LogP contribution in [0.15, 0.2) is 47.5 Å². The molecule has 1 atom stereocenters. The van der Waals surface area contributed by atoms with Gasteiger partial charge in [-0.25, -0.2) is 13.4 Å². The summed E-state index contributed by atoms with van der Waals surface area (Å²) in [5.41, 5.74) is -4.59. The van der Waals surface area contributed by atoms with Gasteiger partial charge in [0, 0.05) is 25.2 Å². The summed E-state index contributed by atoms with van der Waals surface area (Å²) in [7, 11) is -2.74. The summed E-state index contributed by atoms with van der Waals surface area (Å²) in [4.78, 5) is 16.7. The molecule has 0 bridgehead atoms. The number of carbonyl (C=O) groups is 1. The molecule has 0 aliphatic carbocycles. The number of anilines is 1. The van der Waals surface area contributed by atoms with Crippen LogP contribution < -0.4 is 4.90 Å². The van der Waals surface area contributed by atoms with Crippen LogP contribution in [0.2, 0.25) is 0 Å². The van der Waals surface area contributed by atoms with E-state index in [0.717, 1.165) is 30.5 Å². The lowest BCUT2D eigenvalue weighted by Crippen LogP contribution is -2.35. The van der Waals surface area contributed by atoms with Crippen LogP contribution in [0.25, 0.3) is 0 Å². The molecular weight excluding hydrogens is 486 g/mol. The molecule has 0 saturated heterocycles. The van der Waals surface area contributed by atoms with E-state index in [1.807, 2.05) is 0 Å². The Hall–Kier alpha value is -2.13. The molecule has 1 unspecified atom stereocenters. The molecule has 12 heteroatoms. The molecule has 5 nitrogen and oxygen atoms in total. The lowest BCUT2D eigenvalue weighted by molar-refractivity contribution is -0.137. The minimum absolute atomic E-state index is 0.0249. The fourth-order valence-electron chi connectivity index (χ4n) is 3.13. The normalized spacial score (nSPS) is 13.1. The highest BCUT2D eigenvalue weighted by molar-refractivity contribution is 7.92. The van der Waals surface area contributed by atoms with Crippen LogP contribution in [0.5, 0.6) is 0 Å². The Bertz CT molecular complexity index is 1100. The Kier molecular flexibility index (Phi) is 7.91. The summed E-state index contributed by atoms with van der Waals surface area (Å²) in [6, 6.07) is 5.94. The topological polar surface area (TPSA) is 67.3 Å². The first kappa shape index (κ1) is 27.1. The average Bonchev–Trinajstić information content (AvgIpc) is 2.69. The van der Waals surface area contributed by atoms with Gasteiger partial charge in [0.05, 0.1) is 15.2 Å². The highest BCUT2D eigenvalue weighted by Gasteiger charge is 2.38. The van der Waals surface area contributed by atoms with Gasteiger partial charge in [0.25, 0.3) is 5.66 Å². The number of carbonyl (C=O) groups excluding carboxylic acids is 1. The van der Waals surface area contributed by atoms with E-state index in [1.54, 1.807) is 0 Å². The molecule has 2 aromatic rings. The van der Waals surface area contributed by atoms with Gasteiger partial charge in [-0.15, -0.1) is 0 Å². The smallest absolute Gasteiger partial charge is 0.297 e. The van der Waals surface area contributed by atoms with E-state index in [0.29, 0.717) is 6.07 Å². The van der Waals surface area contributed by atoms with Crippen molar-refractivity contribution in [1.29, 1.82) is 0 Å². The van der Waals surface area contributed by atoms with Crippen molar-refractivity contribution >= 4 is 30.8 Å². The second-order valence-electron chi connectivity index (χ2n) is 8.09. The number of sulfone groups is 1. The molecule has 33 heavy (non-hydrogen) atoms. The molecule has 1 aromatic heterocycles. The first-order valence-electron chi connectivity index (χ1n) is 9.80. The van der Waals surface area contributed by atoms with Gasteiger partial charge >= 0.3 is 6.18 Å². The Labute approximate surface area is 191 Å². The molecular formula is C21H24F5N2O3PS. The third kappa shape index (κ3) is 6.47. The zero-order valence-electron chi connectivity index (χ0n) is 18.2. The van der Waals surface area contributed by atoms with E-state index in [-0.39, 0.29) is 30.8 Å². The molecule has 1 heterocycles. The lowest BCUT2D eigenvalue weighted by Gasteiger charge is -2.27. The first-order chi connectivity index (χ1) is 15.0. The summed E-state index contributed by atoms with van der Waals surface area (Å²) in [5, 5.41) is 0. The van der Waals surface area contributed by atoms with Crippen LogP contribution in [0.4, 0.5) is 27.8 Å². The zero-order valence-corrected chi connectivity index (χ0v) is 20.1. The fraction of sp³-hybridized carbons (Fsp3) is 0.429. The highest BCUT2D eigenvalue weighted by Crippen LogP contribution is 2.36. The summed E-state index contributed by atoms with van der Waals surface area (Å²) >= 11 is 0. The Balaban J connectivity index is 2.17. The summed E-state index contributed by atoms with van der Waals surface area (Å²) in [6.45, 7) is 4.09. The number of hydrogen-bond donors (Lipinski definition) is 0.